The molecule has 1 heterocycles. The van der Waals surface area contributed by atoms with Gasteiger partial charge in [0.15, 0.2) is 0 Å². The van der Waals surface area contributed by atoms with E-state index in [4.69, 9.17) is 0 Å². The average Bonchev–Trinajstić information content (AvgIpc) is 2.56. The number of carbonyl (C=O) groups is 1. The van der Waals surface area contributed by atoms with Crippen molar-refractivity contribution in [3.8, 4) is 0 Å². The van der Waals surface area contributed by atoms with E-state index in [-0.39, 0.29) is 13.0 Å². The van der Waals surface area contributed by atoms with Crippen molar-refractivity contribution < 1.29 is 25.9 Å². The lowest BCUT2D eigenvalue weighted by atomic mass is 10.1. The summed E-state index contributed by atoms with van der Waals surface area (Å²) in [6.45, 7) is -0.222. The molecule has 0 aromatic heterocycles. The minimum Gasteiger partial charge on any atom is -0.307 e. The number of halogens is 3. The van der Waals surface area contributed by atoms with Gasteiger partial charge in [0.1, 0.15) is 17.3 Å². The van der Waals surface area contributed by atoms with E-state index in [1.807, 2.05) is 0 Å². The van der Waals surface area contributed by atoms with E-state index in [9.17, 15) is 25.9 Å². The lowest BCUT2D eigenvalue weighted by molar-refractivity contribution is -0.117. The smallest absolute Gasteiger partial charge is 0.302 e. The molecule has 0 bridgehead atoms. The Hall–Kier alpha value is -1.57. The van der Waals surface area contributed by atoms with Crippen LogP contribution in [-0.2, 0) is 15.0 Å². The van der Waals surface area contributed by atoms with Gasteiger partial charge < -0.3 is 4.90 Å². The van der Waals surface area contributed by atoms with Gasteiger partial charge in [-0.3, -0.25) is 4.79 Å². The van der Waals surface area contributed by atoms with E-state index in [0.29, 0.717) is 0 Å². The van der Waals surface area contributed by atoms with Gasteiger partial charge in [0.25, 0.3) is 0 Å². The Kier molecular flexibility index (Phi) is 3.53. The van der Waals surface area contributed by atoms with Crippen LogP contribution in [0.3, 0.4) is 0 Å². The first-order valence-electron chi connectivity index (χ1n) is 5.44. The third-order valence-corrected chi connectivity index (χ3v) is 3.72. The zero-order valence-corrected chi connectivity index (χ0v) is 10.5. The molecule has 1 aliphatic heterocycles. The second kappa shape index (κ2) is 4.84. The van der Waals surface area contributed by atoms with Crippen molar-refractivity contribution in [1.82, 2.24) is 0 Å². The Balaban J connectivity index is 2.26. The molecular weight excluding hydrogens is 283 g/mol. The normalized spacial score (nSPS) is 20.1. The van der Waals surface area contributed by atoms with Crippen LogP contribution in [-0.4, -0.2) is 26.6 Å². The number of hydrogen-bond donors (Lipinski definition) is 0. The van der Waals surface area contributed by atoms with Gasteiger partial charge in [0.05, 0.1) is 5.75 Å². The number of amides is 1. The van der Waals surface area contributed by atoms with Gasteiger partial charge in [-0.2, -0.15) is 8.42 Å². The summed E-state index contributed by atoms with van der Waals surface area (Å²) in [6, 6.07) is 3.13. The van der Waals surface area contributed by atoms with Crippen LogP contribution in [0, 0.1) is 17.6 Å². The third kappa shape index (κ3) is 3.06. The number of rotatable bonds is 3. The first-order chi connectivity index (χ1) is 8.78. The fourth-order valence-corrected chi connectivity index (χ4v) is 2.92. The van der Waals surface area contributed by atoms with E-state index in [1.165, 1.54) is 0 Å². The van der Waals surface area contributed by atoms with Gasteiger partial charge in [-0.1, -0.05) is 6.07 Å². The third-order valence-electron chi connectivity index (χ3n) is 2.85. The predicted octanol–water partition coefficient (Wildman–Crippen LogP) is 1.62. The molecule has 0 aliphatic carbocycles. The molecule has 1 fully saturated rings. The lowest BCUT2D eigenvalue weighted by Gasteiger charge is -2.17. The molecule has 1 amide bonds. The van der Waals surface area contributed by atoms with Crippen molar-refractivity contribution >= 4 is 21.8 Å². The minimum absolute atomic E-state index is 0.222. The summed E-state index contributed by atoms with van der Waals surface area (Å²) < 4.78 is 60.6. The van der Waals surface area contributed by atoms with E-state index in [0.717, 1.165) is 23.1 Å². The summed E-state index contributed by atoms with van der Waals surface area (Å²) in [5, 5.41) is 0. The molecule has 8 heteroatoms. The molecule has 1 unspecified atom stereocenters. The van der Waals surface area contributed by atoms with Crippen molar-refractivity contribution in [2.75, 3.05) is 17.2 Å². The van der Waals surface area contributed by atoms with Crippen molar-refractivity contribution in [3.05, 3.63) is 29.8 Å². The van der Waals surface area contributed by atoms with Crippen LogP contribution in [0.5, 0.6) is 0 Å². The van der Waals surface area contributed by atoms with E-state index in [1.54, 1.807) is 0 Å². The van der Waals surface area contributed by atoms with Crippen LogP contribution in [0.1, 0.15) is 6.42 Å². The standard InChI is InChI=1S/C11H10F3NO3S/c12-8-2-1-3-9(13)11(8)15-5-7(4-10(15)16)6-19(14,17)18/h1-3,7H,4-6H2. The predicted molar refractivity (Wildman–Crippen MR) is 61.7 cm³/mol. The Morgan fingerprint density at radius 3 is 2.37 bits per heavy atom. The average molecular weight is 293 g/mol. The van der Waals surface area contributed by atoms with E-state index >= 15 is 0 Å². The number of anilines is 1. The Bertz CT molecular complexity index is 597. The molecule has 104 valence electrons. The van der Waals surface area contributed by atoms with Crippen molar-refractivity contribution in [3.63, 3.8) is 0 Å². The van der Waals surface area contributed by atoms with Gasteiger partial charge >= 0.3 is 10.2 Å². The zero-order valence-electron chi connectivity index (χ0n) is 9.64. The second-order valence-electron chi connectivity index (χ2n) is 4.35. The SMILES string of the molecule is O=C1CC(CS(=O)(=O)F)CN1c1c(F)cccc1F. The van der Waals surface area contributed by atoms with E-state index < -0.39 is 45.1 Å². The number of hydrogen-bond acceptors (Lipinski definition) is 3. The van der Waals surface area contributed by atoms with Gasteiger partial charge in [0, 0.05) is 18.9 Å². The number of nitrogens with zero attached hydrogens (tertiary/aromatic N) is 1. The Morgan fingerprint density at radius 1 is 1.26 bits per heavy atom. The maximum Gasteiger partial charge on any atom is 0.302 e. The van der Waals surface area contributed by atoms with Crippen LogP contribution in [0.2, 0.25) is 0 Å². The highest BCUT2D eigenvalue weighted by atomic mass is 32.3. The Labute approximate surface area is 108 Å². The molecule has 0 spiro atoms. The monoisotopic (exact) mass is 293 g/mol. The number of para-hydroxylation sites is 1. The molecule has 2 rings (SSSR count). The second-order valence-corrected chi connectivity index (χ2v) is 5.76. The van der Waals surface area contributed by atoms with Crippen LogP contribution < -0.4 is 4.90 Å². The molecule has 1 aromatic rings. The fourth-order valence-electron chi connectivity index (χ4n) is 2.14. The largest absolute Gasteiger partial charge is 0.307 e. The number of carbonyl (C=O) groups excluding carboxylic acids is 1. The van der Waals surface area contributed by atoms with Crippen LogP contribution >= 0.6 is 0 Å². The minimum atomic E-state index is -4.72. The molecule has 4 nitrogen and oxygen atoms in total. The topological polar surface area (TPSA) is 54.5 Å². The molecule has 1 saturated heterocycles. The summed E-state index contributed by atoms with van der Waals surface area (Å²) in [5.74, 6) is -4.10. The van der Waals surface area contributed by atoms with Crippen molar-refractivity contribution in [2.24, 2.45) is 5.92 Å². The summed E-state index contributed by atoms with van der Waals surface area (Å²) in [5.41, 5.74) is -0.522. The van der Waals surface area contributed by atoms with Gasteiger partial charge in [-0.05, 0) is 12.1 Å². The summed E-state index contributed by atoms with van der Waals surface area (Å²) in [7, 11) is -4.72. The van der Waals surface area contributed by atoms with Crippen molar-refractivity contribution in [1.29, 1.82) is 0 Å². The molecule has 19 heavy (non-hydrogen) atoms. The van der Waals surface area contributed by atoms with Crippen molar-refractivity contribution in [2.45, 2.75) is 6.42 Å². The first-order valence-corrected chi connectivity index (χ1v) is 7.00. The van der Waals surface area contributed by atoms with Gasteiger partial charge in [0.2, 0.25) is 5.91 Å². The summed E-state index contributed by atoms with van der Waals surface area (Å²) >= 11 is 0. The molecule has 0 N–H and O–H groups in total. The molecule has 0 saturated carbocycles. The Morgan fingerprint density at radius 2 is 1.84 bits per heavy atom. The fraction of sp³-hybridized carbons (Fsp3) is 0.364. The molecule has 1 aromatic carbocycles. The van der Waals surface area contributed by atoms with Crippen LogP contribution in [0.15, 0.2) is 18.2 Å². The van der Waals surface area contributed by atoms with E-state index in [2.05, 4.69) is 0 Å². The van der Waals surface area contributed by atoms with Gasteiger partial charge in [-0.15, -0.1) is 3.89 Å². The highest BCUT2D eigenvalue weighted by molar-refractivity contribution is 7.86. The summed E-state index contributed by atoms with van der Waals surface area (Å²) in [6.07, 6.45) is -0.253. The zero-order chi connectivity index (χ0) is 14.2. The highest BCUT2D eigenvalue weighted by Gasteiger charge is 2.35. The van der Waals surface area contributed by atoms with Crippen LogP contribution in [0.25, 0.3) is 0 Å². The maximum atomic E-state index is 13.5. The first kappa shape index (κ1) is 13.9. The molecule has 0 radical (unpaired) electrons. The number of benzene rings is 1. The van der Waals surface area contributed by atoms with Crippen LogP contribution in [0.4, 0.5) is 18.4 Å². The quantitative estimate of drug-likeness (QED) is 0.796. The molecule has 1 aliphatic rings. The molecular formula is C11H10F3NO3S. The maximum absolute atomic E-state index is 13.5. The highest BCUT2D eigenvalue weighted by Crippen LogP contribution is 2.30. The lowest BCUT2D eigenvalue weighted by Crippen LogP contribution is -2.27. The molecule has 1 atom stereocenters. The van der Waals surface area contributed by atoms with Gasteiger partial charge in [-0.25, -0.2) is 8.78 Å². The summed E-state index contributed by atoms with van der Waals surface area (Å²) in [4.78, 5) is 12.5.